The first kappa shape index (κ1) is 21.8. The average molecular weight is 438 g/mol. The van der Waals surface area contributed by atoms with Crippen molar-refractivity contribution < 1.29 is 40.6 Å². The van der Waals surface area contributed by atoms with Crippen LogP contribution >= 0.6 is 0 Å². The normalized spacial score (nSPS) is 21.9. The zero-order chi connectivity index (χ0) is 21.3. The van der Waals surface area contributed by atoms with E-state index in [-0.39, 0.29) is 29.5 Å². The third-order valence-electron chi connectivity index (χ3n) is 4.70. The van der Waals surface area contributed by atoms with Gasteiger partial charge in [0.1, 0.15) is 6.10 Å². The second-order valence-electron chi connectivity index (χ2n) is 6.86. The van der Waals surface area contributed by atoms with Crippen LogP contribution < -0.4 is 10.0 Å². The maximum absolute atomic E-state index is 12.5. The lowest BCUT2D eigenvalue weighted by Crippen LogP contribution is -2.39. The molecule has 2 aliphatic heterocycles. The van der Waals surface area contributed by atoms with Crippen molar-refractivity contribution in [2.75, 3.05) is 31.1 Å². The van der Waals surface area contributed by atoms with Crippen LogP contribution in [0.1, 0.15) is 28.8 Å². The fraction of sp³-hybridized carbons (Fsp3) is 0.588. The summed E-state index contributed by atoms with van der Waals surface area (Å²) in [5.74, 6) is -1.13. The molecular weight excluding hydrogens is 417 g/mol. The summed E-state index contributed by atoms with van der Waals surface area (Å²) in [5.41, 5.74) is -5.34. The Kier molecular flexibility index (Phi) is 6.08. The van der Waals surface area contributed by atoms with Gasteiger partial charge in [0.15, 0.2) is 5.79 Å². The molecule has 0 aromatic heterocycles. The molecule has 1 spiro atoms. The summed E-state index contributed by atoms with van der Waals surface area (Å²) >= 11 is 0. The molecule has 2 saturated heterocycles. The molecule has 2 heterocycles. The van der Waals surface area contributed by atoms with E-state index in [0.717, 1.165) is 6.07 Å². The van der Waals surface area contributed by atoms with Gasteiger partial charge in [-0.2, -0.15) is 21.6 Å². The maximum atomic E-state index is 12.5. The molecule has 1 amide bonds. The molecule has 0 radical (unpaired) electrons. The summed E-state index contributed by atoms with van der Waals surface area (Å²) < 4.78 is 78.3. The zero-order valence-electron chi connectivity index (χ0n) is 15.5. The number of amides is 1. The van der Waals surface area contributed by atoms with Crippen LogP contribution in [0.3, 0.4) is 0 Å². The van der Waals surface area contributed by atoms with Crippen LogP contribution in [-0.4, -0.2) is 58.1 Å². The predicted octanol–water partition coefficient (Wildman–Crippen LogP) is 1.91. The Morgan fingerprint density at radius 1 is 1.28 bits per heavy atom. The van der Waals surface area contributed by atoms with Gasteiger partial charge in [-0.15, -0.1) is 0 Å². The van der Waals surface area contributed by atoms with Crippen molar-refractivity contribution in [3.63, 3.8) is 0 Å². The minimum absolute atomic E-state index is 0.173. The zero-order valence-corrected chi connectivity index (χ0v) is 16.4. The van der Waals surface area contributed by atoms with Crippen LogP contribution in [0.5, 0.6) is 0 Å². The number of hydrogen-bond donors (Lipinski definition) is 2. The van der Waals surface area contributed by atoms with E-state index in [1.807, 2.05) is 0 Å². The molecule has 3 rings (SSSR count). The van der Waals surface area contributed by atoms with Gasteiger partial charge in [0.2, 0.25) is 0 Å². The van der Waals surface area contributed by atoms with Crippen LogP contribution in [0, 0.1) is 6.92 Å². The molecule has 162 valence electrons. The van der Waals surface area contributed by atoms with E-state index in [0.29, 0.717) is 32.7 Å². The summed E-state index contributed by atoms with van der Waals surface area (Å²) in [6.45, 7) is 3.01. The number of halogens is 3. The van der Waals surface area contributed by atoms with Crippen molar-refractivity contribution in [3.8, 4) is 0 Å². The molecule has 0 aliphatic carbocycles. The molecule has 0 bridgehead atoms. The highest BCUT2D eigenvalue weighted by atomic mass is 32.2. The number of carbonyl (C=O) groups excluding carboxylic acids is 1. The first-order valence-electron chi connectivity index (χ1n) is 8.89. The molecule has 1 aromatic carbocycles. The lowest BCUT2D eigenvalue weighted by Gasteiger charge is -2.31. The van der Waals surface area contributed by atoms with Gasteiger partial charge in [-0.1, -0.05) is 0 Å². The first-order chi connectivity index (χ1) is 13.5. The third kappa shape index (κ3) is 5.00. The fourth-order valence-corrected chi connectivity index (χ4v) is 3.73. The van der Waals surface area contributed by atoms with Gasteiger partial charge in [0.05, 0.1) is 25.5 Å². The number of carbonyl (C=O) groups is 1. The Morgan fingerprint density at radius 2 is 1.97 bits per heavy atom. The molecule has 2 N–H and O–H groups in total. The minimum atomic E-state index is -5.53. The van der Waals surface area contributed by atoms with E-state index < -0.39 is 27.2 Å². The molecule has 12 heteroatoms. The number of sulfonamides is 1. The molecule has 2 fully saturated rings. The van der Waals surface area contributed by atoms with Crippen LogP contribution in [0.2, 0.25) is 0 Å². The molecule has 2 aliphatic rings. The van der Waals surface area contributed by atoms with E-state index in [4.69, 9.17) is 14.2 Å². The van der Waals surface area contributed by atoms with Gasteiger partial charge < -0.3 is 19.5 Å². The minimum Gasteiger partial charge on any atom is -0.381 e. The summed E-state index contributed by atoms with van der Waals surface area (Å²) in [5, 5.41) is 2.69. The van der Waals surface area contributed by atoms with Crippen LogP contribution in [-0.2, 0) is 24.2 Å². The van der Waals surface area contributed by atoms with Gasteiger partial charge in [0.25, 0.3) is 5.91 Å². The number of ether oxygens (including phenoxy) is 3. The molecule has 0 unspecified atom stereocenters. The molecular formula is C17H21F3N2O6S. The lowest BCUT2D eigenvalue weighted by atomic mass is 10.1. The van der Waals surface area contributed by atoms with Crippen LogP contribution in [0.15, 0.2) is 18.2 Å². The molecule has 0 saturated carbocycles. The Morgan fingerprint density at radius 3 is 2.59 bits per heavy atom. The number of anilines is 1. The van der Waals surface area contributed by atoms with E-state index >= 15 is 0 Å². The van der Waals surface area contributed by atoms with Crippen LogP contribution in [0.4, 0.5) is 18.9 Å². The van der Waals surface area contributed by atoms with Crippen molar-refractivity contribution in [1.82, 2.24) is 5.32 Å². The first-order valence-corrected chi connectivity index (χ1v) is 10.4. The molecule has 29 heavy (non-hydrogen) atoms. The predicted molar refractivity (Wildman–Crippen MR) is 95.7 cm³/mol. The maximum Gasteiger partial charge on any atom is 0.516 e. The quantitative estimate of drug-likeness (QED) is 0.728. The Balaban J connectivity index is 1.57. The number of hydrogen-bond acceptors (Lipinski definition) is 6. The number of nitrogens with one attached hydrogen (secondary N) is 2. The smallest absolute Gasteiger partial charge is 0.381 e. The van der Waals surface area contributed by atoms with E-state index in [9.17, 15) is 26.4 Å². The number of aryl methyl sites for hydroxylation is 1. The topological polar surface area (TPSA) is 103 Å². The summed E-state index contributed by atoms with van der Waals surface area (Å²) in [4.78, 5) is 12.3. The third-order valence-corrected chi connectivity index (χ3v) is 5.79. The van der Waals surface area contributed by atoms with Crippen LogP contribution in [0.25, 0.3) is 0 Å². The van der Waals surface area contributed by atoms with Crippen molar-refractivity contribution in [2.45, 2.75) is 37.2 Å². The fourth-order valence-electron chi connectivity index (χ4n) is 3.09. The molecule has 8 nitrogen and oxygen atoms in total. The highest BCUT2D eigenvalue weighted by Crippen LogP contribution is 2.33. The highest BCUT2D eigenvalue weighted by molar-refractivity contribution is 7.93. The Labute approximate surface area is 165 Å². The highest BCUT2D eigenvalue weighted by Gasteiger charge is 2.46. The SMILES string of the molecule is Cc1cc(C(=O)NC[C@@H]2COC3(CCOCC3)O2)ccc1NS(=O)(=O)C(F)(F)F. The molecule has 1 aromatic rings. The Hall–Kier alpha value is -1.89. The lowest BCUT2D eigenvalue weighted by molar-refractivity contribution is -0.210. The number of benzene rings is 1. The largest absolute Gasteiger partial charge is 0.516 e. The van der Waals surface area contributed by atoms with Gasteiger partial charge in [-0.3, -0.25) is 9.52 Å². The van der Waals surface area contributed by atoms with Gasteiger partial charge >= 0.3 is 15.5 Å². The van der Waals surface area contributed by atoms with E-state index in [1.165, 1.54) is 23.8 Å². The number of rotatable bonds is 5. The van der Waals surface area contributed by atoms with Crippen molar-refractivity contribution >= 4 is 21.6 Å². The van der Waals surface area contributed by atoms with E-state index in [2.05, 4.69) is 5.32 Å². The van der Waals surface area contributed by atoms with Gasteiger partial charge in [0, 0.05) is 24.9 Å². The Bertz CT molecular complexity index is 868. The number of alkyl halides is 3. The average Bonchev–Trinajstić information content (AvgIpc) is 3.03. The van der Waals surface area contributed by atoms with Crippen molar-refractivity contribution in [2.24, 2.45) is 0 Å². The van der Waals surface area contributed by atoms with Crippen molar-refractivity contribution in [1.29, 1.82) is 0 Å². The summed E-state index contributed by atoms with van der Waals surface area (Å²) in [6, 6.07) is 3.65. The monoisotopic (exact) mass is 438 g/mol. The van der Waals surface area contributed by atoms with Crippen molar-refractivity contribution in [3.05, 3.63) is 29.3 Å². The van der Waals surface area contributed by atoms with E-state index in [1.54, 1.807) is 0 Å². The van der Waals surface area contributed by atoms with Gasteiger partial charge in [-0.25, -0.2) is 0 Å². The summed E-state index contributed by atoms with van der Waals surface area (Å²) in [7, 11) is -5.53. The molecule has 1 atom stereocenters. The standard InChI is InChI=1S/C17H21F3N2O6S/c1-11-8-12(2-3-14(11)22-29(24,25)17(18,19)20)15(23)21-9-13-10-27-16(28-13)4-6-26-7-5-16/h2-3,8,13,22H,4-7,9-10H2,1H3,(H,21,23)/t13-/m1/s1. The summed E-state index contributed by atoms with van der Waals surface area (Å²) in [6.07, 6.45) is 0.911. The second-order valence-corrected chi connectivity index (χ2v) is 8.54. The van der Waals surface area contributed by atoms with Gasteiger partial charge in [-0.05, 0) is 30.7 Å². The second kappa shape index (κ2) is 8.09.